The largest absolute Gasteiger partial charge is 0.391 e. The number of benzene rings is 3. The second-order valence-corrected chi connectivity index (χ2v) is 8.11. The molecule has 6 heteroatoms. The maximum absolute atomic E-state index is 10.9. The van der Waals surface area contributed by atoms with Crippen molar-refractivity contribution in [2.24, 2.45) is 0 Å². The van der Waals surface area contributed by atoms with E-state index in [2.05, 4.69) is 69.3 Å². The summed E-state index contributed by atoms with van der Waals surface area (Å²) in [5.74, 6) is 0.0903. The Morgan fingerprint density at radius 1 is 0.935 bits per heavy atom. The molecule has 6 nitrogen and oxygen atoms in total. The van der Waals surface area contributed by atoms with Gasteiger partial charge >= 0.3 is 0 Å². The molecule has 0 radical (unpaired) electrons. The van der Waals surface area contributed by atoms with Crippen molar-refractivity contribution in [1.82, 2.24) is 20.7 Å². The Hall–Kier alpha value is -3.06. The summed E-state index contributed by atoms with van der Waals surface area (Å²) in [5.41, 5.74) is 5.20. The van der Waals surface area contributed by atoms with Crippen molar-refractivity contribution in [2.75, 3.05) is 6.61 Å². The lowest BCUT2D eigenvalue weighted by Crippen LogP contribution is -2.50. The summed E-state index contributed by atoms with van der Waals surface area (Å²) in [6.45, 7) is 1.10. The van der Waals surface area contributed by atoms with Crippen molar-refractivity contribution in [3.8, 4) is 0 Å². The predicted molar refractivity (Wildman–Crippen MR) is 120 cm³/mol. The molecule has 1 aliphatic heterocycles. The van der Waals surface area contributed by atoms with Gasteiger partial charge in [0.05, 0.1) is 24.9 Å². The van der Waals surface area contributed by atoms with Crippen molar-refractivity contribution in [3.63, 3.8) is 0 Å². The molecular weight excluding hydrogens is 388 g/mol. The highest BCUT2D eigenvalue weighted by molar-refractivity contribution is 5.74. The first kappa shape index (κ1) is 19.9. The lowest BCUT2D eigenvalue weighted by molar-refractivity contribution is -0.0718. The number of hydrogen-bond donors (Lipinski definition) is 3. The molecule has 4 aromatic rings. The first-order valence-corrected chi connectivity index (χ1v) is 10.7. The van der Waals surface area contributed by atoms with Gasteiger partial charge in [-0.2, -0.15) is 15.4 Å². The van der Waals surface area contributed by atoms with Crippen molar-refractivity contribution in [2.45, 2.75) is 37.1 Å². The minimum absolute atomic E-state index is 0.0793. The molecule has 3 aromatic carbocycles. The van der Waals surface area contributed by atoms with E-state index in [9.17, 15) is 5.11 Å². The number of aromatic amines is 1. The van der Waals surface area contributed by atoms with Gasteiger partial charge < -0.3 is 15.2 Å². The highest BCUT2D eigenvalue weighted by Gasteiger charge is 2.35. The second kappa shape index (κ2) is 8.98. The van der Waals surface area contributed by atoms with Gasteiger partial charge in [0.25, 0.3) is 0 Å². The van der Waals surface area contributed by atoms with E-state index >= 15 is 0 Å². The molecule has 1 aliphatic rings. The zero-order chi connectivity index (χ0) is 21.0. The van der Waals surface area contributed by atoms with Crippen LogP contribution < -0.4 is 5.32 Å². The lowest BCUT2D eigenvalue weighted by Gasteiger charge is -2.38. The van der Waals surface area contributed by atoms with Crippen LogP contribution in [0.2, 0.25) is 0 Å². The fraction of sp³-hybridized carbons (Fsp3) is 0.280. The van der Waals surface area contributed by atoms with Crippen LogP contribution in [0.1, 0.15) is 29.0 Å². The monoisotopic (exact) mass is 414 g/mol. The summed E-state index contributed by atoms with van der Waals surface area (Å²) < 4.78 is 6.33. The molecule has 5 rings (SSSR count). The molecule has 1 aromatic heterocycles. The minimum atomic E-state index is -0.482. The maximum Gasteiger partial charge on any atom is 0.113 e. The highest BCUT2D eigenvalue weighted by Crippen LogP contribution is 2.34. The van der Waals surface area contributed by atoms with Gasteiger partial charge in [-0.25, -0.2) is 0 Å². The van der Waals surface area contributed by atoms with Gasteiger partial charge in [0.2, 0.25) is 0 Å². The van der Waals surface area contributed by atoms with E-state index < -0.39 is 6.10 Å². The number of rotatable bonds is 6. The van der Waals surface area contributed by atoms with Gasteiger partial charge in [-0.15, -0.1) is 0 Å². The molecule has 0 bridgehead atoms. The smallest absolute Gasteiger partial charge is 0.113 e. The molecule has 2 heterocycles. The van der Waals surface area contributed by atoms with Crippen LogP contribution in [-0.4, -0.2) is 45.4 Å². The van der Waals surface area contributed by atoms with Crippen LogP contribution in [0.4, 0.5) is 0 Å². The van der Waals surface area contributed by atoms with Crippen molar-refractivity contribution >= 4 is 11.0 Å². The SMILES string of the molecule is OC1CC(C(c2ccccc2)c2ccccc2)OCC1NCc1ccc2n[nH]nc2c1. The third-order valence-corrected chi connectivity index (χ3v) is 6.07. The molecule has 3 unspecified atom stereocenters. The third kappa shape index (κ3) is 4.37. The number of aliphatic hydroxyl groups is 1. The molecule has 31 heavy (non-hydrogen) atoms. The molecular formula is C25H26N4O2. The van der Waals surface area contributed by atoms with E-state index in [1.165, 1.54) is 11.1 Å². The van der Waals surface area contributed by atoms with Crippen molar-refractivity contribution in [3.05, 3.63) is 95.6 Å². The number of fused-ring (bicyclic) bond motifs is 1. The fourth-order valence-electron chi connectivity index (χ4n) is 4.42. The van der Waals surface area contributed by atoms with E-state index in [0.29, 0.717) is 19.6 Å². The van der Waals surface area contributed by atoms with Gasteiger partial charge in [0.1, 0.15) is 11.0 Å². The molecule has 0 spiro atoms. The number of H-pyrrole nitrogens is 1. The van der Waals surface area contributed by atoms with E-state index in [1.54, 1.807) is 0 Å². The Kier molecular flexibility index (Phi) is 5.76. The quantitative estimate of drug-likeness (QED) is 0.450. The van der Waals surface area contributed by atoms with Gasteiger partial charge in [-0.3, -0.25) is 0 Å². The summed E-state index contributed by atoms with van der Waals surface area (Å²) in [6.07, 6.45) is 0.0165. The predicted octanol–water partition coefficient (Wildman–Crippen LogP) is 3.40. The number of aromatic nitrogens is 3. The first-order valence-electron chi connectivity index (χ1n) is 10.7. The number of nitrogens with zero attached hydrogens (tertiary/aromatic N) is 2. The van der Waals surface area contributed by atoms with E-state index in [0.717, 1.165) is 16.6 Å². The van der Waals surface area contributed by atoms with Crippen LogP contribution in [0.15, 0.2) is 78.9 Å². The maximum atomic E-state index is 10.9. The molecule has 3 N–H and O–H groups in total. The van der Waals surface area contributed by atoms with E-state index in [-0.39, 0.29) is 18.1 Å². The second-order valence-electron chi connectivity index (χ2n) is 8.11. The zero-order valence-electron chi connectivity index (χ0n) is 17.2. The summed E-state index contributed by atoms with van der Waals surface area (Å²) >= 11 is 0. The highest BCUT2D eigenvalue weighted by atomic mass is 16.5. The number of ether oxygens (including phenoxy) is 1. The molecule has 1 saturated heterocycles. The molecule has 0 saturated carbocycles. The third-order valence-electron chi connectivity index (χ3n) is 6.07. The van der Waals surface area contributed by atoms with Crippen molar-refractivity contribution in [1.29, 1.82) is 0 Å². The molecule has 1 fully saturated rings. The topological polar surface area (TPSA) is 83.1 Å². The van der Waals surface area contributed by atoms with E-state index in [4.69, 9.17) is 4.74 Å². The molecule has 0 aliphatic carbocycles. The van der Waals surface area contributed by atoms with Crippen LogP contribution in [0.5, 0.6) is 0 Å². The van der Waals surface area contributed by atoms with Gasteiger partial charge in [-0.1, -0.05) is 66.7 Å². The molecule has 3 atom stereocenters. The van der Waals surface area contributed by atoms with Crippen molar-refractivity contribution < 1.29 is 9.84 Å². The summed E-state index contributed by atoms with van der Waals surface area (Å²) in [7, 11) is 0. The average molecular weight is 415 g/mol. The first-order chi connectivity index (χ1) is 15.3. The summed E-state index contributed by atoms with van der Waals surface area (Å²) in [6, 6.07) is 26.7. The van der Waals surface area contributed by atoms with Gasteiger partial charge in [0.15, 0.2) is 0 Å². The zero-order valence-corrected chi connectivity index (χ0v) is 17.2. The summed E-state index contributed by atoms with van der Waals surface area (Å²) in [4.78, 5) is 0. The average Bonchev–Trinajstić information content (AvgIpc) is 3.28. The lowest BCUT2D eigenvalue weighted by atomic mass is 9.82. The number of aliphatic hydroxyl groups excluding tert-OH is 1. The molecule has 0 amide bonds. The Labute approximate surface area is 181 Å². The number of nitrogens with one attached hydrogen (secondary N) is 2. The van der Waals surface area contributed by atoms with Crippen LogP contribution in [0.25, 0.3) is 11.0 Å². The Morgan fingerprint density at radius 2 is 1.61 bits per heavy atom. The normalized spacial score (nSPS) is 21.5. The van der Waals surface area contributed by atoms with Crippen LogP contribution in [-0.2, 0) is 11.3 Å². The van der Waals surface area contributed by atoms with Gasteiger partial charge in [0, 0.05) is 18.9 Å². The van der Waals surface area contributed by atoms with Crippen LogP contribution in [0.3, 0.4) is 0 Å². The van der Waals surface area contributed by atoms with Crippen LogP contribution in [0, 0.1) is 0 Å². The molecule has 158 valence electrons. The fourth-order valence-corrected chi connectivity index (χ4v) is 4.42. The van der Waals surface area contributed by atoms with E-state index in [1.807, 2.05) is 30.3 Å². The van der Waals surface area contributed by atoms with Crippen LogP contribution >= 0.6 is 0 Å². The Balaban J connectivity index is 1.27. The summed E-state index contributed by atoms with van der Waals surface area (Å²) in [5, 5.41) is 25.2. The Bertz CT molecular complexity index is 1080. The Morgan fingerprint density at radius 3 is 2.29 bits per heavy atom. The minimum Gasteiger partial charge on any atom is -0.391 e. The number of hydrogen-bond acceptors (Lipinski definition) is 5. The standard InChI is InChI=1S/C25H26N4O2/c30-23-14-24(25(18-7-3-1-4-8-18)19-9-5-2-6-10-19)31-16-22(23)26-15-17-11-12-20-21(13-17)28-29-27-20/h1-13,22-26,30H,14-16H2,(H,27,28,29). The van der Waals surface area contributed by atoms with Gasteiger partial charge in [-0.05, 0) is 28.8 Å².